The van der Waals surface area contributed by atoms with Crippen molar-refractivity contribution in [2.24, 2.45) is 0 Å². The first-order valence-corrected chi connectivity index (χ1v) is 8.75. The van der Waals surface area contributed by atoms with E-state index in [2.05, 4.69) is 23.5 Å². The van der Waals surface area contributed by atoms with Gasteiger partial charge in [-0.25, -0.2) is 0 Å². The lowest BCUT2D eigenvalue weighted by Gasteiger charge is -2.27. The van der Waals surface area contributed by atoms with Gasteiger partial charge in [0.2, 0.25) is 0 Å². The number of carbonyl (C=O) groups is 1. The minimum Gasteiger partial charge on any atom is -0.493 e. The van der Waals surface area contributed by atoms with E-state index < -0.39 is 6.10 Å². The van der Waals surface area contributed by atoms with Crippen LogP contribution in [0.2, 0.25) is 0 Å². The van der Waals surface area contributed by atoms with Crippen LogP contribution in [0, 0.1) is 11.3 Å². The first-order chi connectivity index (χ1) is 12.6. The third-order valence-electron chi connectivity index (χ3n) is 4.65. The Balaban J connectivity index is 1.69. The average molecular weight is 350 g/mol. The van der Waals surface area contributed by atoms with Gasteiger partial charge in [0, 0.05) is 6.07 Å². The molecule has 5 nitrogen and oxygen atoms in total. The quantitative estimate of drug-likeness (QED) is 0.895. The van der Waals surface area contributed by atoms with Crippen molar-refractivity contribution in [3.05, 3.63) is 59.2 Å². The number of nitrogens with zero attached hydrogens (tertiary/aromatic N) is 1. The summed E-state index contributed by atoms with van der Waals surface area (Å²) in [6.45, 7) is 1.71. The van der Waals surface area contributed by atoms with Crippen LogP contribution in [0.4, 0.5) is 0 Å². The van der Waals surface area contributed by atoms with Crippen molar-refractivity contribution in [1.82, 2.24) is 5.32 Å². The average Bonchev–Trinajstić information content (AvgIpc) is 2.68. The summed E-state index contributed by atoms with van der Waals surface area (Å²) in [7, 11) is 1.51. The summed E-state index contributed by atoms with van der Waals surface area (Å²) in [6.07, 6.45) is 2.36. The van der Waals surface area contributed by atoms with E-state index in [1.165, 1.54) is 18.2 Å². The van der Waals surface area contributed by atoms with Crippen LogP contribution in [0.3, 0.4) is 0 Å². The minimum atomic E-state index is -0.675. The molecule has 0 bridgehead atoms. The molecule has 0 saturated heterocycles. The molecule has 0 aromatic heterocycles. The van der Waals surface area contributed by atoms with Crippen LogP contribution in [0.1, 0.15) is 42.5 Å². The summed E-state index contributed by atoms with van der Waals surface area (Å²) in [5.74, 6) is 0.711. The highest BCUT2D eigenvalue weighted by Gasteiger charge is 2.25. The lowest BCUT2D eigenvalue weighted by molar-refractivity contribution is -0.128. The molecule has 26 heavy (non-hydrogen) atoms. The molecule has 3 rings (SSSR count). The molecule has 1 amide bonds. The first kappa shape index (κ1) is 17.8. The van der Waals surface area contributed by atoms with Crippen molar-refractivity contribution in [2.75, 3.05) is 7.11 Å². The van der Waals surface area contributed by atoms with E-state index in [0.717, 1.165) is 19.3 Å². The molecule has 0 spiro atoms. The van der Waals surface area contributed by atoms with E-state index in [-0.39, 0.29) is 11.9 Å². The fourth-order valence-electron chi connectivity index (χ4n) is 3.27. The Labute approximate surface area is 153 Å². The van der Waals surface area contributed by atoms with Crippen LogP contribution in [0.5, 0.6) is 11.5 Å². The Morgan fingerprint density at radius 2 is 2.08 bits per heavy atom. The second-order valence-electron chi connectivity index (χ2n) is 6.39. The van der Waals surface area contributed by atoms with Gasteiger partial charge in [0.25, 0.3) is 5.91 Å². The minimum absolute atomic E-state index is 0.0151. The largest absolute Gasteiger partial charge is 0.493 e. The predicted molar refractivity (Wildman–Crippen MR) is 98.1 cm³/mol. The van der Waals surface area contributed by atoms with Gasteiger partial charge >= 0.3 is 0 Å². The van der Waals surface area contributed by atoms with E-state index >= 15 is 0 Å². The molecular formula is C21H22N2O3. The SMILES string of the molecule is COc1cc(C#N)ccc1O[C@@H](C)C(=O)N[C@H]1CCCc2ccccc21. The van der Waals surface area contributed by atoms with Gasteiger partial charge in [-0.1, -0.05) is 24.3 Å². The number of hydrogen-bond acceptors (Lipinski definition) is 4. The molecule has 2 aromatic carbocycles. The van der Waals surface area contributed by atoms with E-state index in [9.17, 15) is 4.79 Å². The molecule has 0 radical (unpaired) electrons. The van der Waals surface area contributed by atoms with Gasteiger partial charge < -0.3 is 14.8 Å². The lowest BCUT2D eigenvalue weighted by atomic mass is 9.87. The molecule has 0 heterocycles. The van der Waals surface area contributed by atoms with Crippen molar-refractivity contribution < 1.29 is 14.3 Å². The first-order valence-electron chi connectivity index (χ1n) is 8.75. The highest BCUT2D eigenvalue weighted by Crippen LogP contribution is 2.31. The molecule has 2 atom stereocenters. The zero-order valence-electron chi connectivity index (χ0n) is 15.0. The standard InChI is InChI=1S/C21H22N2O3/c1-14(26-19-11-10-15(13-22)12-20(19)25-2)21(24)23-18-9-5-7-16-6-3-4-8-17(16)18/h3-4,6,8,10-12,14,18H,5,7,9H2,1-2H3,(H,23,24)/t14-,18-/m0/s1. The van der Waals surface area contributed by atoms with Gasteiger partial charge in [-0.15, -0.1) is 0 Å². The van der Waals surface area contributed by atoms with Crippen LogP contribution in [-0.4, -0.2) is 19.1 Å². The predicted octanol–water partition coefficient (Wildman–Crippen LogP) is 3.53. The fraction of sp³-hybridized carbons (Fsp3) is 0.333. The smallest absolute Gasteiger partial charge is 0.261 e. The van der Waals surface area contributed by atoms with E-state index in [1.54, 1.807) is 25.1 Å². The number of nitrogens with one attached hydrogen (secondary N) is 1. The number of hydrogen-bond donors (Lipinski definition) is 1. The Hall–Kier alpha value is -3.00. The van der Waals surface area contributed by atoms with Gasteiger partial charge in [0.15, 0.2) is 17.6 Å². The number of aryl methyl sites for hydroxylation is 1. The lowest BCUT2D eigenvalue weighted by Crippen LogP contribution is -2.39. The van der Waals surface area contributed by atoms with Crippen LogP contribution < -0.4 is 14.8 Å². The molecule has 1 aliphatic carbocycles. The van der Waals surface area contributed by atoms with E-state index in [4.69, 9.17) is 14.7 Å². The van der Waals surface area contributed by atoms with E-state index in [0.29, 0.717) is 17.1 Å². The van der Waals surface area contributed by atoms with Crippen molar-refractivity contribution >= 4 is 5.91 Å². The Bertz CT molecular complexity index is 841. The molecule has 134 valence electrons. The highest BCUT2D eigenvalue weighted by atomic mass is 16.5. The van der Waals surface area contributed by atoms with Crippen LogP contribution in [0.25, 0.3) is 0 Å². The molecule has 0 unspecified atom stereocenters. The van der Waals surface area contributed by atoms with Gasteiger partial charge in [-0.2, -0.15) is 5.26 Å². The summed E-state index contributed by atoms with van der Waals surface area (Å²) >= 11 is 0. The zero-order valence-corrected chi connectivity index (χ0v) is 15.0. The van der Waals surface area contributed by atoms with E-state index in [1.807, 2.05) is 12.1 Å². The summed E-state index contributed by atoms with van der Waals surface area (Å²) < 4.78 is 11.0. The number of methoxy groups -OCH3 is 1. The summed E-state index contributed by atoms with van der Waals surface area (Å²) in [5, 5.41) is 12.1. The van der Waals surface area contributed by atoms with Crippen LogP contribution in [0.15, 0.2) is 42.5 Å². The third kappa shape index (κ3) is 3.80. The normalized spacial score (nSPS) is 16.7. The van der Waals surface area contributed by atoms with Crippen molar-refractivity contribution in [2.45, 2.75) is 38.3 Å². The highest BCUT2D eigenvalue weighted by molar-refractivity contribution is 5.81. The number of fused-ring (bicyclic) bond motifs is 1. The summed E-state index contributed by atoms with van der Waals surface area (Å²) in [4.78, 5) is 12.6. The summed E-state index contributed by atoms with van der Waals surface area (Å²) in [5.41, 5.74) is 2.96. The van der Waals surface area contributed by atoms with Crippen molar-refractivity contribution in [3.8, 4) is 17.6 Å². The number of nitriles is 1. The maximum atomic E-state index is 12.6. The maximum Gasteiger partial charge on any atom is 0.261 e. The third-order valence-corrected chi connectivity index (χ3v) is 4.65. The van der Waals surface area contributed by atoms with Gasteiger partial charge in [0.1, 0.15) is 0 Å². The molecular weight excluding hydrogens is 328 g/mol. The number of carbonyl (C=O) groups excluding carboxylic acids is 1. The Morgan fingerprint density at radius 3 is 2.85 bits per heavy atom. The van der Waals surface area contributed by atoms with Gasteiger partial charge in [0.05, 0.1) is 24.8 Å². The monoisotopic (exact) mass is 350 g/mol. The van der Waals surface area contributed by atoms with Crippen molar-refractivity contribution in [1.29, 1.82) is 5.26 Å². The molecule has 1 aliphatic rings. The maximum absolute atomic E-state index is 12.6. The number of amides is 1. The second-order valence-corrected chi connectivity index (χ2v) is 6.39. The second kappa shape index (κ2) is 7.92. The molecule has 0 aliphatic heterocycles. The number of ether oxygens (including phenoxy) is 2. The zero-order chi connectivity index (χ0) is 18.5. The van der Waals surface area contributed by atoms with Crippen LogP contribution >= 0.6 is 0 Å². The van der Waals surface area contributed by atoms with Gasteiger partial charge in [-0.05, 0) is 49.4 Å². The Kier molecular flexibility index (Phi) is 5.43. The number of benzene rings is 2. The molecule has 0 fully saturated rings. The van der Waals surface area contributed by atoms with Crippen molar-refractivity contribution in [3.63, 3.8) is 0 Å². The summed E-state index contributed by atoms with van der Waals surface area (Å²) in [6, 6.07) is 15.2. The fourth-order valence-corrected chi connectivity index (χ4v) is 3.27. The Morgan fingerprint density at radius 1 is 1.27 bits per heavy atom. The molecule has 0 saturated carbocycles. The molecule has 5 heteroatoms. The van der Waals surface area contributed by atoms with Gasteiger partial charge in [-0.3, -0.25) is 4.79 Å². The molecule has 1 N–H and O–H groups in total. The van der Waals surface area contributed by atoms with Crippen LogP contribution in [-0.2, 0) is 11.2 Å². The number of rotatable bonds is 5. The molecule has 2 aromatic rings. The topological polar surface area (TPSA) is 71.3 Å².